The fourth-order valence-electron chi connectivity index (χ4n) is 3.05. The molecule has 2 atom stereocenters. The zero-order chi connectivity index (χ0) is 20.6. The number of nitrogens with one attached hydrogen (secondary N) is 2. The third-order valence-electron chi connectivity index (χ3n) is 4.90. The Morgan fingerprint density at radius 1 is 1.11 bits per heavy atom. The molecule has 1 aromatic heterocycles. The van der Waals surface area contributed by atoms with Gasteiger partial charge in [0.25, 0.3) is 11.8 Å². The van der Waals surface area contributed by atoms with Gasteiger partial charge in [-0.1, -0.05) is 36.4 Å². The predicted molar refractivity (Wildman–Crippen MR) is 114 cm³/mol. The molecule has 0 saturated carbocycles. The number of allylic oxidation sites excluding steroid dienone is 1. The Hall–Kier alpha value is -2.98. The summed E-state index contributed by atoms with van der Waals surface area (Å²) in [7, 11) is 2.64. The molecule has 0 saturated heterocycles. The van der Waals surface area contributed by atoms with Crippen LogP contribution in [0.2, 0.25) is 0 Å². The Morgan fingerprint density at radius 2 is 1.68 bits per heavy atom. The molecular weight excluding hydrogens is 373 g/mol. The Bertz CT molecular complexity index is 1040. The van der Waals surface area contributed by atoms with E-state index in [1.54, 1.807) is 19.9 Å². The summed E-state index contributed by atoms with van der Waals surface area (Å²) in [6.07, 6.45) is 1.69. The molecule has 7 heteroatoms. The summed E-state index contributed by atoms with van der Waals surface area (Å²) in [5.74, 6) is -0.618. The molecule has 1 aliphatic rings. The molecule has 1 aromatic carbocycles. The van der Waals surface area contributed by atoms with Crippen LogP contribution in [0.3, 0.4) is 0 Å². The van der Waals surface area contributed by atoms with E-state index in [1.165, 1.54) is 6.07 Å². The van der Waals surface area contributed by atoms with Crippen molar-refractivity contribution in [1.29, 1.82) is 0 Å². The normalized spacial score (nSPS) is 16.4. The van der Waals surface area contributed by atoms with Crippen LogP contribution in [-0.4, -0.2) is 21.8 Å². The van der Waals surface area contributed by atoms with Crippen molar-refractivity contribution in [2.45, 2.75) is 25.9 Å². The van der Waals surface area contributed by atoms with Gasteiger partial charge in [0.2, 0.25) is 0 Å². The van der Waals surface area contributed by atoms with Gasteiger partial charge in [0.05, 0.1) is 5.69 Å². The van der Waals surface area contributed by atoms with Crippen molar-refractivity contribution in [2.75, 3.05) is 5.43 Å². The number of carbonyl (C=O) groups excluding carboxylic acids is 2. The number of carbonyl (C=O) groups is 2. The van der Waals surface area contributed by atoms with Crippen LogP contribution in [0.25, 0.3) is 11.3 Å². The van der Waals surface area contributed by atoms with Gasteiger partial charge in [-0.15, -0.1) is 15.8 Å². The smallest absolute Gasteiger partial charge is 0.275 e. The molecule has 0 radical (unpaired) electrons. The Kier molecular flexibility index (Phi) is 5.09. The molecule has 2 aromatic rings. The number of aromatic nitrogens is 1. The van der Waals surface area contributed by atoms with Crippen molar-refractivity contribution in [3.63, 3.8) is 0 Å². The lowest BCUT2D eigenvalue weighted by Gasteiger charge is -2.25. The van der Waals surface area contributed by atoms with Crippen LogP contribution >= 0.6 is 9.24 Å². The summed E-state index contributed by atoms with van der Waals surface area (Å²) in [5.41, 5.74) is 5.19. The van der Waals surface area contributed by atoms with Gasteiger partial charge in [-0.05, 0) is 26.3 Å². The highest BCUT2D eigenvalue weighted by molar-refractivity contribution is 7.18. The molecule has 2 amide bonds. The molecular formula is C21H22N3O3P. The number of hydrogen-bond acceptors (Lipinski definition) is 4. The average Bonchev–Trinajstić information content (AvgIpc) is 2.86. The molecule has 1 aliphatic heterocycles. The molecule has 0 fully saturated rings. The zero-order valence-electron chi connectivity index (χ0n) is 16.0. The van der Waals surface area contributed by atoms with Crippen molar-refractivity contribution < 1.29 is 9.59 Å². The Morgan fingerprint density at radius 3 is 2.21 bits per heavy atom. The molecule has 0 spiro atoms. The fourth-order valence-corrected chi connectivity index (χ4v) is 3.34. The van der Waals surface area contributed by atoms with Gasteiger partial charge < -0.3 is 4.98 Å². The highest BCUT2D eigenvalue weighted by Crippen LogP contribution is 2.36. The van der Waals surface area contributed by atoms with E-state index in [4.69, 9.17) is 0 Å². The molecule has 28 heavy (non-hydrogen) atoms. The maximum Gasteiger partial charge on any atom is 0.275 e. The van der Waals surface area contributed by atoms with Crippen LogP contribution in [0.5, 0.6) is 0 Å². The standard InChI is InChI=1S/C21H22N3O3P/c1-5-21(4,28)17-15(25)11-16(22-18(17)14-9-7-6-8-10-14)23-24-19(26)12(2)13(3)20(24)27/h5-11H,1,28H2,2-4H3,(H2,22,23,25). The second-order valence-electron chi connectivity index (χ2n) is 6.96. The number of H-pyrrole nitrogens is 1. The Labute approximate surface area is 165 Å². The monoisotopic (exact) mass is 395 g/mol. The highest BCUT2D eigenvalue weighted by Gasteiger charge is 2.34. The van der Waals surface area contributed by atoms with E-state index in [1.807, 2.05) is 37.3 Å². The summed E-state index contributed by atoms with van der Waals surface area (Å²) in [6, 6.07) is 10.7. The van der Waals surface area contributed by atoms with Gasteiger partial charge in [0.15, 0.2) is 5.43 Å². The number of rotatable bonds is 5. The van der Waals surface area contributed by atoms with Crippen molar-refractivity contribution in [3.05, 3.63) is 76.0 Å². The van der Waals surface area contributed by atoms with E-state index in [9.17, 15) is 14.4 Å². The predicted octanol–water partition coefficient (Wildman–Crippen LogP) is 3.35. The number of amides is 2. The second kappa shape index (κ2) is 7.21. The zero-order valence-corrected chi connectivity index (χ0v) is 17.2. The molecule has 2 N–H and O–H groups in total. The number of benzene rings is 1. The molecule has 2 heterocycles. The van der Waals surface area contributed by atoms with Gasteiger partial charge >= 0.3 is 0 Å². The maximum absolute atomic E-state index is 13.0. The van der Waals surface area contributed by atoms with Crippen molar-refractivity contribution in [3.8, 4) is 11.3 Å². The van der Waals surface area contributed by atoms with Crippen LogP contribution in [0.1, 0.15) is 26.3 Å². The minimum absolute atomic E-state index is 0.238. The summed E-state index contributed by atoms with van der Waals surface area (Å²) >= 11 is 0. The van der Waals surface area contributed by atoms with Crippen LogP contribution in [0, 0.1) is 0 Å². The number of imide groups is 1. The SMILES string of the molecule is C=CC(C)(P)c1c(-c2ccccc2)[nH]c(NN2C(=O)C(C)=C(C)C2=O)cc1=O. The second-order valence-corrected chi connectivity index (χ2v) is 8.16. The van der Waals surface area contributed by atoms with E-state index in [0.29, 0.717) is 22.4 Å². The van der Waals surface area contributed by atoms with Crippen LogP contribution in [-0.2, 0) is 14.7 Å². The molecule has 6 nitrogen and oxygen atoms in total. The molecule has 2 unspecified atom stereocenters. The van der Waals surface area contributed by atoms with E-state index in [0.717, 1.165) is 10.6 Å². The van der Waals surface area contributed by atoms with Gasteiger partial charge in [-0.2, -0.15) is 5.01 Å². The average molecular weight is 395 g/mol. The number of aromatic amines is 1. The molecule has 0 aliphatic carbocycles. The summed E-state index contributed by atoms with van der Waals surface area (Å²) in [5, 5.41) is 0.253. The number of nitrogens with zero attached hydrogens (tertiary/aromatic N) is 1. The maximum atomic E-state index is 13.0. The quantitative estimate of drug-likeness (QED) is 0.462. The topological polar surface area (TPSA) is 82.3 Å². The van der Waals surface area contributed by atoms with Gasteiger partial charge in [-0.3, -0.25) is 19.8 Å². The summed E-state index contributed by atoms with van der Waals surface area (Å²) in [4.78, 5) is 40.8. The van der Waals surface area contributed by atoms with Crippen LogP contribution in [0.4, 0.5) is 5.82 Å². The first-order chi connectivity index (χ1) is 13.2. The molecule has 3 rings (SSSR count). The Balaban J connectivity index is 2.12. The van der Waals surface area contributed by atoms with Gasteiger partial charge in [0.1, 0.15) is 5.82 Å². The van der Waals surface area contributed by atoms with E-state index in [-0.39, 0.29) is 11.2 Å². The van der Waals surface area contributed by atoms with Crippen molar-refractivity contribution in [1.82, 2.24) is 9.99 Å². The molecule has 0 bridgehead atoms. The van der Waals surface area contributed by atoms with E-state index < -0.39 is 17.0 Å². The first-order valence-electron chi connectivity index (χ1n) is 8.76. The number of hydrogen-bond donors (Lipinski definition) is 2. The van der Waals surface area contributed by atoms with Gasteiger partial charge in [-0.25, -0.2) is 0 Å². The third-order valence-corrected chi connectivity index (χ3v) is 5.42. The van der Waals surface area contributed by atoms with Crippen LogP contribution in [0.15, 0.2) is 65.0 Å². The van der Waals surface area contributed by atoms with Gasteiger partial charge in [0, 0.05) is 27.9 Å². The van der Waals surface area contributed by atoms with Crippen molar-refractivity contribution in [2.24, 2.45) is 0 Å². The lowest BCUT2D eigenvalue weighted by molar-refractivity contribution is -0.135. The highest BCUT2D eigenvalue weighted by atomic mass is 31.0. The largest absolute Gasteiger partial charge is 0.340 e. The number of anilines is 1. The minimum atomic E-state index is -0.661. The van der Waals surface area contributed by atoms with E-state index in [2.05, 4.69) is 26.2 Å². The van der Waals surface area contributed by atoms with Crippen LogP contribution < -0.4 is 10.9 Å². The summed E-state index contributed by atoms with van der Waals surface area (Å²) < 4.78 is 0. The third kappa shape index (κ3) is 3.32. The molecule has 144 valence electrons. The fraction of sp³-hybridized carbons (Fsp3) is 0.190. The number of pyridine rings is 1. The van der Waals surface area contributed by atoms with E-state index >= 15 is 0 Å². The minimum Gasteiger partial charge on any atom is -0.340 e. The number of hydrazine groups is 1. The first kappa shape index (κ1) is 19.8. The lowest BCUT2D eigenvalue weighted by Crippen LogP contribution is -2.38. The lowest BCUT2D eigenvalue weighted by atomic mass is 9.94. The summed E-state index contributed by atoms with van der Waals surface area (Å²) in [6.45, 7) is 8.91. The first-order valence-corrected chi connectivity index (χ1v) is 9.33. The van der Waals surface area contributed by atoms with Crippen molar-refractivity contribution >= 4 is 26.9 Å².